The van der Waals surface area contributed by atoms with Gasteiger partial charge >= 0.3 is 0 Å². The highest BCUT2D eigenvalue weighted by atomic mass is 19.1. The van der Waals surface area contributed by atoms with Crippen molar-refractivity contribution in [3.63, 3.8) is 0 Å². The SMILES string of the molecule is CC(C)c1nc(N)nc(-c2cc(F)cc(F)c2)n1. The summed E-state index contributed by atoms with van der Waals surface area (Å²) in [4.78, 5) is 12.0. The minimum Gasteiger partial charge on any atom is -0.368 e. The van der Waals surface area contributed by atoms with Gasteiger partial charge in [0, 0.05) is 17.5 Å². The van der Waals surface area contributed by atoms with E-state index < -0.39 is 11.6 Å². The molecule has 1 aromatic heterocycles. The van der Waals surface area contributed by atoms with E-state index in [4.69, 9.17) is 5.73 Å². The second kappa shape index (κ2) is 4.64. The van der Waals surface area contributed by atoms with Crippen molar-refractivity contribution < 1.29 is 8.78 Å². The quantitative estimate of drug-likeness (QED) is 0.889. The van der Waals surface area contributed by atoms with Crippen LogP contribution in [0.25, 0.3) is 11.4 Å². The van der Waals surface area contributed by atoms with Crippen LogP contribution in [0.3, 0.4) is 0 Å². The van der Waals surface area contributed by atoms with E-state index >= 15 is 0 Å². The molecule has 94 valence electrons. The fourth-order valence-corrected chi connectivity index (χ4v) is 1.48. The number of benzene rings is 1. The van der Waals surface area contributed by atoms with Gasteiger partial charge in [-0.05, 0) is 12.1 Å². The highest BCUT2D eigenvalue weighted by molar-refractivity contribution is 5.56. The number of hydrogen-bond donors (Lipinski definition) is 1. The summed E-state index contributed by atoms with van der Waals surface area (Å²) in [5.41, 5.74) is 5.80. The first-order chi connectivity index (χ1) is 8.45. The molecule has 2 N–H and O–H groups in total. The Kier molecular flexibility index (Phi) is 3.18. The third-order valence-electron chi connectivity index (χ3n) is 2.31. The van der Waals surface area contributed by atoms with Crippen LogP contribution >= 0.6 is 0 Å². The van der Waals surface area contributed by atoms with Crippen molar-refractivity contribution in [1.82, 2.24) is 15.0 Å². The lowest BCUT2D eigenvalue weighted by Gasteiger charge is -2.07. The summed E-state index contributed by atoms with van der Waals surface area (Å²) in [5, 5.41) is 0. The Hall–Kier alpha value is -2.11. The summed E-state index contributed by atoms with van der Waals surface area (Å²) in [7, 11) is 0. The van der Waals surface area contributed by atoms with Gasteiger partial charge in [-0.1, -0.05) is 13.8 Å². The average Bonchev–Trinajstić information content (AvgIpc) is 2.26. The average molecular weight is 250 g/mol. The zero-order valence-corrected chi connectivity index (χ0v) is 9.98. The van der Waals surface area contributed by atoms with Gasteiger partial charge < -0.3 is 5.73 Å². The minimum absolute atomic E-state index is 0.0355. The van der Waals surface area contributed by atoms with E-state index in [-0.39, 0.29) is 23.3 Å². The number of nitrogens with zero attached hydrogens (tertiary/aromatic N) is 3. The molecule has 4 nitrogen and oxygen atoms in total. The maximum Gasteiger partial charge on any atom is 0.223 e. The predicted molar refractivity (Wildman–Crippen MR) is 63.7 cm³/mol. The molecule has 0 aliphatic heterocycles. The van der Waals surface area contributed by atoms with Crippen LogP contribution in [0.15, 0.2) is 18.2 Å². The number of hydrogen-bond acceptors (Lipinski definition) is 4. The summed E-state index contributed by atoms with van der Waals surface area (Å²) in [6, 6.07) is 3.10. The molecule has 0 aliphatic carbocycles. The molecule has 0 amide bonds. The maximum atomic E-state index is 13.1. The predicted octanol–water partition coefficient (Wildman–Crippen LogP) is 2.52. The minimum atomic E-state index is -0.685. The lowest BCUT2D eigenvalue weighted by atomic mass is 10.2. The Balaban J connectivity index is 2.56. The monoisotopic (exact) mass is 250 g/mol. The van der Waals surface area contributed by atoms with E-state index in [1.807, 2.05) is 13.8 Å². The Bertz CT molecular complexity index is 564. The first-order valence-corrected chi connectivity index (χ1v) is 5.43. The number of halogens is 2. The normalized spacial score (nSPS) is 10.9. The summed E-state index contributed by atoms with van der Waals surface area (Å²) in [5.74, 6) is -0.627. The second-order valence-corrected chi connectivity index (χ2v) is 4.19. The lowest BCUT2D eigenvalue weighted by Crippen LogP contribution is -2.06. The van der Waals surface area contributed by atoms with E-state index in [0.717, 1.165) is 18.2 Å². The third kappa shape index (κ3) is 2.58. The highest BCUT2D eigenvalue weighted by Gasteiger charge is 2.11. The summed E-state index contributed by atoms with van der Waals surface area (Å²) < 4.78 is 26.3. The molecule has 0 aliphatic rings. The molecule has 0 bridgehead atoms. The Labute approximate surface area is 103 Å². The molecular weight excluding hydrogens is 238 g/mol. The summed E-state index contributed by atoms with van der Waals surface area (Å²) in [6.07, 6.45) is 0. The lowest BCUT2D eigenvalue weighted by molar-refractivity contribution is 0.584. The van der Waals surface area contributed by atoms with Gasteiger partial charge in [0.05, 0.1) is 0 Å². The van der Waals surface area contributed by atoms with Gasteiger partial charge in [0.1, 0.15) is 17.5 Å². The molecule has 2 aromatic rings. The van der Waals surface area contributed by atoms with Crippen LogP contribution in [0.4, 0.5) is 14.7 Å². The second-order valence-electron chi connectivity index (χ2n) is 4.19. The van der Waals surface area contributed by atoms with Crippen LogP contribution in [0.5, 0.6) is 0 Å². The Morgan fingerprint density at radius 1 is 1.00 bits per heavy atom. The smallest absolute Gasteiger partial charge is 0.223 e. The number of rotatable bonds is 2. The van der Waals surface area contributed by atoms with Gasteiger partial charge in [-0.25, -0.2) is 13.8 Å². The molecule has 1 aromatic carbocycles. The summed E-state index contributed by atoms with van der Waals surface area (Å²) >= 11 is 0. The van der Waals surface area contributed by atoms with E-state index in [2.05, 4.69) is 15.0 Å². The van der Waals surface area contributed by atoms with Crippen LogP contribution in [-0.4, -0.2) is 15.0 Å². The van der Waals surface area contributed by atoms with Crippen LogP contribution in [0.2, 0.25) is 0 Å². The molecule has 0 saturated carbocycles. The largest absolute Gasteiger partial charge is 0.368 e. The molecule has 0 spiro atoms. The Morgan fingerprint density at radius 3 is 2.17 bits per heavy atom. The first-order valence-electron chi connectivity index (χ1n) is 5.43. The van der Waals surface area contributed by atoms with Gasteiger partial charge in [-0.3, -0.25) is 0 Å². The third-order valence-corrected chi connectivity index (χ3v) is 2.31. The van der Waals surface area contributed by atoms with Gasteiger partial charge in [-0.15, -0.1) is 0 Å². The van der Waals surface area contributed by atoms with Gasteiger partial charge in [0.15, 0.2) is 5.82 Å². The molecular formula is C12H12F2N4. The number of anilines is 1. The van der Waals surface area contributed by atoms with Crippen LogP contribution in [-0.2, 0) is 0 Å². The highest BCUT2D eigenvalue weighted by Crippen LogP contribution is 2.20. The molecule has 1 heterocycles. The van der Waals surface area contributed by atoms with Crippen molar-refractivity contribution in [2.75, 3.05) is 5.73 Å². The molecule has 18 heavy (non-hydrogen) atoms. The maximum absolute atomic E-state index is 13.1. The molecule has 2 rings (SSSR count). The molecule has 0 unspecified atom stereocenters. The van der Waals surface area contributed by atoms with Crippen molar-refractivity contribution in [2.45, 2.75) is 19.8 Å². The van der Waals surface area contributed by atoms with Crippen molar-refractivity contribution in [3.05, 3.63) is 35.7 Å². The fraction of sp³-hybridized carbons (Fsp3) is 0.250. The number of nitrogens with two attached hydrogens (primary N) is 1. The van der Waals surface area contributed by atoms with E-state index in [1.54, 1.807) is 0 Å². The molecule has 0 atom stereocenters. The van der Waals surface area contributed by atoms with Gasteiger partial charge in [-0.2, -0.15) is 9.97 Å². The van der Waals surface area contributed by atoms with Crippen LogP contribution in [0, 0.1) is 11.6 Å². The van der Waals surface area contributed by atoms with Gasteiger partial charge in [0.2, 0.25) is 5.95 Å². The first kappa shape index (κ1) is 12.3. The van der Waals surface area contributed by atoms with E-state index in [0.29, 0.717) is 5.82 Å². The van der Waals surface area contributed by atoms with Crippen molar-refractivity contribution >= 4 is 5.95 Å². The number of nitrogen functional groups attached to an aromatic ring is 1. The van der Waals surface area contributed by atoms with E-state index in [9.17, 15) is 8.78 Å². The van der Waals surface area contributed by atoms with Crippen LogP contribution in [0.1, 0.15) is 25.6 Å². The molecule has 6 heteroatoms. The van der Waals surface area contributed by atoms with Crippen LogP contribution < -0.4 is 5.73 Å². The van der Waals surface area contributed by atoms with Crippen molar-refractivity contribution in [3.8, 4) is 11.4 Å². The zero-order chi connectivity index (χ0) is 13.3. The molecule has 0 saturated heterocycles. The van der Waals surface area contributed by atoms with Crippen molar-refractivity contribution in [1.29, 1.82) is 0 Å². The van der Waals surface area contributed by atoms with E-state index in [1.165, 1.54) is 0 Å². The summed E-state index contributed by atoms with van der Waals surface area (Å²) in [6.45, 7) is 3.79. The zero-order valence-electron chi connectivity index (χ0n) is 9.98. The molecule has 0 radical (unpaired) electrons. The number of aromatic nitrogens is 3. The Morgan fingerprint density at radius 2 is 1.61 bits per heavy atom. The standard InChI is InChI=1S/C12H12F2N4/c1-6(2)10-16-11(18-12(15)17-10)7-3-8(13)5-9(14)4-7/h3-6H,1-2H3,(H2,15,16,17,18). The fourth-order valence-electron chi connectivity index (χ4n) is 1.48. The topological polar surface area (TPSA) is 64.7 Å². The molecule has 0 fully saturated rings. The van der Waals surface area contributed by atoms with Crippen molar-refractivity contribution in [2.24, 2.45) is 0 Å². The van der Waals surface area contributed by atoms with Gasteiger partial charge in [0.25, 0.3) is 0 Å².